The Morgan fingerprint density at radius 1 is 1.04 bits per heavy atom. The molecule has 140 valence electrons. The van der Waals surface area contributed by atoms with E-state index in [1.54, 1.807) is 18.3 Å². The molecule has 2 heterocycles. The summed E-state index contributed by atoms with van der Waals surface area (Å²) in [7, 11) is 0. The number of para-hydroxylation sites is 2. The van der Waals surface area contributed by atoms with Crippen molar-refractivity contribution < 1.29 is 13.9 Å². The number of aromatic nitrogens is 2. The number of amides is 1. The zero-order valence-corrected chi connectivity index (χ0v) is 15.6. The Hall–Kier alpha value is -3.32. The Labute approximate surface area is 165 Å². The van der Waals surface area contributed by atoms with Gasteiger partial charge in [-0.25, -0.2) is 9.37 Å². The smallest absolute Gasteiger partial charge is 0.267 e. The van der Waals surface area contributed by atoms with E-state index in [1.165, 1.54) is 28.4 Å². The van der Waals surface area contributed by atoms with E-state index in [4.69, 9.17) is 4.74 Å². The van der Waals surface area contributed by atoms with Crippen LogP contribution < -0.4 is 9.64 Å². The number of carbonyl (C=O) groups is 1. The molecule has 0 atom stereocenters. The second kappa shape index (κ2) is 8.14. The molecule has 0 spiro atoms. The van der Waals surface area contributed by atoms with Gasteiger partial charge in [0.15, 0.2) is 23.3 Å². The lowest BCUT2D eigenvalue weighted by molar-refractivity contribution is -0.120. The number of ether oxygens (including phenoxy) is 1. The molecule has 0 bridgehead atoms. The van der Waals surface area contributed by atoms with Gasteiger partial charge in [-0.2, -0.15) is 0 Å². The molecule has 5 nitrogen and oxygen atoms in total. The van der Waals surface area contributed by atoms with Crippen LogP contribution in [0.2, 0.25) is 0 Å². The van der Waals surface area contributed by atoms with Crippen molar-refractivity contribution in [2.24, 2.45) is 0 Å². The molecular formula is C21H16FN3O2S. The summed E-state index contributed by atoms with van der Waals surface area (Å²) < 4.78 is 20.2. The van der Waals surface area contributed by atoms with E-state index < -0.39 is 5.82 Å². The number of anilines is 1. The monoisotopic (exact) mass is 393 g/mol. The van der Waals surface area contributed by atoms with Crippen molar-refractivity contribution in [3.63, 3.8) is 0 Å². The van der Waals surface area contributed by atoms with Gasteiger partial charge in [0.1, 0.15) is 0 Å². The normalized spacial score (nSPS) is 10.8. The number of pyridine rings is 1. The van der Waals surface area contributed by atoms with Gasteiger partial charge in [-0.15, -0.1) is 0 Å². The first-order chi connectivity index (χ1) is 13.7. The van der Waals surface area contributed by atoms with Gasteiger partial charge in [0.05, 0.1) is 22.5 Å². The minimum absolute atomic E-state index is 0.0398. The van der Waals surface area contributed by atoms with Gasteiger partial charge >= 0.3 is 0 Å². The molecule has 28 heavy (non-hydrogen) atoms. The average molecular weight is 393 g/mol. The van der Waals surface area contributed by atoms with Crippen LogP contribution in [0.3, 0.4) is 0 Å². The largest absolute Gasteiger partial charge is 0.481 e. The van der Waals surface area contributed by atoms with E-state index in [0.717, 1.165) is 15.9 Å². The van der Waals surface area contributed by atoms with E-state index in [2.05, 4.69) is 9.97 Å². The predicted molar refractivity (Wildman–Crippen MR) is 107 cm³/mol. The molecule has 0 aliphatic carbocycles. The fourth-order valence-corrected chi connectivity index (χ4v) is 3.65. The summed E-state index contributed by atoms with van der Waals surface area (Å²) in [6.45, 7) is -0.0518. The molecule has 0 saturated carbocycles. The highest BCUT2D eigenvalue weighted by molar-refractivity contribution is 7.22. The molecule has 1 amide bonds. The van der Waals surface area contributed by atoms with Crippen molar-refractivity contribution >= 4 is 32.6 Å². The number of carbonyl (C=O) groups excluding carboxylic acids is 1. The molecule has 7 heteroatoms. The van der Waals surface area contributed by atoms with Gasteiger partial charge in [-0.1, -0.05) is 41.7 Å². The fourth-order valence-electron chi connectivity index (χ4n) is 2.67. The highest BCUT2D eigenvalue weighted by atomic mass is 32.1. The number of rotatable bonds is 6. The van der Waals surface area contributed by atoms with Gasteiger partial charge in [-0.05, 0) is 36.4 Å². The number of benzene rings is 2. The number of hydrogen-bond acceptors (Lipinski definition) is 5. The standard InChI is InChI=1S/C21H16FN3O2S/c22-16-8-1-3-10-18(16)27-14-20(26)25(13-15-7-5-6-12-23-15)21-24-17-9-2-4-11-19(17)28-21/h1-12H,13-14H2. The number of fused-ring (bicyclic) bond motifs is 1. The summed E-state index contributed by atoms with van der Waals surface area (Å²) in [6, 6.07) is 19.2. The maximum atomic E-state index is 13.8. The zero-order valence-electron chi connectivity index (χ0n) is 14.8. The minimum atomic E-state index is -0.508. The van der Waals surface area contributed by atoms with Gasteiger partial charge in [0, 0.05) is 6.20 Å². The summed E-state index contributed by atoms with van der Waals surface area (Å²) in [5.41, 5.74) is 1.54. The predicted octanol–water partition coefficient (Wildman–Crippen LogP) is 4.44. The molecule has 0 saturated heterocycles. The van der Waals surface area contributed by atoms with Crippen LogP contribution in [0.4, 0.5) is 9.52 Å². The van der Waals surface area contributed by atoms with Crippen molar-refractivity contribution in [3.05, 3.63) is 84.4 Å². The maximum Gasteiger partial charge on any atom is 0.267 e. The molecule has 0 unspecified atom stereocenters. The molecule has 4 rings (SSSR count). The van der Waals surface area contributed by atoms with Crippen LogP contribution in [0.5, 0.6) is 5.75 Å². The third-order valence-corrected chi connectivity index (χ3v) is 5.11. The molecule has 4 aromatic rings. The van der Waals surface area contributed by atoms with Gasteiger partial charge in [0.2, 0.25) is 0 Å². The lowest BCUT2D eigenvalue weighted by Gasteiger charge is -2.19. The number of nitrogens with zero attached hydrogens (tertiary/aromatic N) is 3. The van der Waals surface area contributed by atoms with Crippen LogP contribution >= 0.6 is 11.3 Å². The van der Waals surface area contributed by atoms with Crippen molar-refractivity contribution in [2.45, 2.75) is 6.54 Å². The molecule has 0 N–H and O–H groups in total. The lowest BCUT2D eigenvalue weighted by atomic mass is 10.3. The Kier molecular flexibility index (Phi) is 5.25. The highest BCUT2D eigenvalue weighted by Crippen LogP contribution is 2.29. The molecule has 0 fully saturated rings. The minimum Gasteiger partial charge on any atom is -0.481 e. The molecule has 0 aliphatic heterocycles. The van der Waals surface area contributed by atoms with Gasteiger partial charge in [-0.3, -0.25) is 14.7 Å². The fraction of sp³-hybridized carbons (Fsp3) is 0.0952. The topological polar surface area (TPSA) is 55.3 Å². The summed E-state index contributed by atoms with van der Waals surface area (Å²) in [5, 5.41) is 0.550. The first-order valence-electron chi connectivity index (χ1n) is 8.64. The Morgan fingerprint density at radius 2 is 1.82 bits per heavy atom. The highest BCUT2D eigenvalue weighted by Gasteiger charge is 2.21. The zero-order chi connectivity index (χ0) is 19.3. The Morgan fingerprint density at radius 3 is 2.61 bits per heavy atom. The van der Waals surface area contributed by atoms with E-state index in [0.29, 0.717) is 5.13 Å². The van der Waals surface area contributed by atoms with Crippen LogP contribution in [-0.4, -0.2) is 22.5 Å². The quantitative estimate of drug-likeness (QED) is 0.486. The van der Waals surface area contributed by atoms with Crippen LogP contribution in [0.1, 0.15) is 5.69 Å². The van der Waals surface area contributed by atoms with E-state index in [-0.39, 0.29) is 24.8 Å². The SMILES string of the molecule is O=C(COc1ccccc1F)N(Cc1ccccn1)c1nc2ccccc2s1. The molecule has 0 radical (unpaired) electrons. The number of hydrogen-bond donors (Lipinski definition) is 0. The third kappa shape index (κ3) is 3.99. The van der Waals surface area contributed by atoms with Crippen LogP contribution in [0.25, 0.3) is 10.2 Å². The first-order valence-corrected chi connectivity index (χ1v) is 9.45. The second-order valence-corrected chi connectivity index (χ2v) is 6.99. The van der Waals surface area contributed by atoms with Crippen LogP contribution in [0.15, 0.2) is 72.9 Å². The first kappa shape index (κ1) is 18.1. The maximum absolute atomic E-state index is 13.8. The summed E-state index contributed by atoms with van der Waals surface area (Å²) in [5.74, 6) is -0.794. The van der Waals surface area contributed by atoms with Crippen LogP contribution in [0, 0.1) is 5.82 Å². The number of halogens is 1. The Bertz CT molecular complexity index is 1070. The Balaban J connectivity index is 1.60. The molecule has 2 aromatic heterocycles. The van der Waals surface area contributed by atoms with Crippen molar-refractivity contribution in [2.75, 3.05) is 11.5 Å². The lowest BCUT2D eigenvalue weighted by Crippen LogP contribution is -2.34. The average Bonchev–Trinajstić information content (AvgIpc) is 3.16. The summed E-state index contributed by atoms with van der Waals surface area (Å²) in [4.78, 5) is 23.3. The molecular weight excluding hydrogens is 377 g/mol. The van der Waals surface area contributed by atoms with Crippen molar-refractivity contribution in [1.29, 1.82) is 0 Å². The van der Waals surface area contributed by atoms with Gasteiger partial charge < -0.3 is 4.74 Å². The van der Waals surface area contributed by atoms with Gasteiger partial charge in [0.25, 0.3) is 5.91 Å². The molecule has 2 aromatic carbocycles. The summed E-state index contributed by atoms with van der Waals surface area (Å²) >= 11 is 1.41. The summed E-state index contributed by atoms with van der Waals surface area (Å²) in [6.07, 6.45) is 1.67. The van der Waals surface area contributed by atoms with Crippen molar-refractivity contribution in [3.8, 4) is 5.75 Å². The van der Waals surface area contributed by atoms with E-state index >= 15 is 0 Å². The van der Waals surface area contributed by atoms with E-state index in [1.807, 2.05) is 42.5 Å². The van der Waals surface area contributed by atoms with Crippen molar-refractivity contribution in [1.82, 2.24) is 9.97 Å². The molecule has 0 aliphatic rings. The number of thiazole rings is 1. The second-order valence-electron chi connectivity index (χ2n) is 5.98. The van der Waals surface area contributed by atoms with Crippen LogP contribution in [-0.2, 0) is 11.3 Å². The third-order valence-electron chi connectivity index (χ3n) is 4.05. The van der Waals surface area contributed by atoms with E-state index in [9.17, 15) is 9.18 Å².